The fourth-order valence-corrected chi connectivity index (χ4v) is 13.0. The Labute approximate surface area is 601 Å². The van der Waals surface area contributed by atoms with Crippen LogP contribution in [0.1, 0.15) is 72.7 Å². The number of hydrogen-bond acceptors (Lipinski definition) is 17. The van der Waals surface area contributed by atoms with Gasteiger partial charge in [0, 0.05) is 25.9 Å². The van der Waals surface area contributed by atoms with Gasteiger partial charge >= 0.3 is 24.1 Å². The minimum absolute atomic E-state index is 0.0344. The van der Waals surface area contributed by atoms with E-state index in [1.807, 2.05) is 135 Å². The van der Waals surface area contributed by atoms with Crippen LogP contribution in [0.25, 0.3) is 33.4 Å². The minimum atomic E-state index is -4.47. The first kappa shape index (κ1) is 77.8. The second kappa shape index (κ2) is 33.1. The van der Waals surface area contributed by atoms with Crippen molar-refractivity contribution in [2.45, 2.75) is 93.6 Å². The zero-order valence-corrected chi connectivity index (χ0v) is 61.8. The van der Waals surface area contributed by atoms with Crippen molar-refractivity contribution in [3.8, 4) is 85.1 Å². The third-order valence-corrected chi connectivity index (χ3v) is 18.3. The number of hydrogen-bond donors (Lipinski definition) is 8. The molecule has 0 saturated heterocycles. The molecule has 9 N–H and O–H groups in total. The summed E-state index contributed by atoms with van der Waals surface area (Å²) in [6.45, 7) is 15.6. The Kier molecular flexibility index (Phi) is 25.5. The predicted molar refractivity (Wildman–Crippen MR) is 395 cm³/mol. The first-order valence-corrected chi connectivity index (χ1v) is 36.2. The number of carbonyl (C=O) groups is 4. The maximum atomic E-state index is 13.0. The number of benzene rings is 9. The van der Waals surface area contributed by atoms with E-state index in [1.165, 1.54) is 36.4 Å². The van der Waals surface area contributed by atoms with Gasteiger partial charge in [0.25, 0.3) is 30.1 Å². The van der Waals surface area contributed by atoms with Gasteiger partial charge in [-0.2, -0.15) is 0 Å². The highest BCUT2D eigenvalue weighted by Crippen LogP contribution is 2.37. The maximum Gasteiger partial charge on any atom is 0.335 e. The highest BCUT2D eigenvalue weighted by Gasteiger charge is 2.29. The molecule has 9 aromatic carbocycles. The Morgan fingerprint density at radius 3 is 0.970 bits per heavy atom. The van der Waals surface area contributed by atoms with E-state index >= 15 is 0 Å². The van der Waals surface area contributed by atoms with E-state index in [0.29, 0.717) is 26.6 Å². The molecule has 0 saturated carbocycles. The third-order valence-electron chi connectivity index (χ3n) is 13.5. The fourth-order valence-electron chi connectivity index (χ4n) is 9.11. The minimum Gasteiger partial charge on any atom is -0.497 e. The van der Waals surface area contributed by atoms with Crippen molar-refractivity contribution >= 4 is 82.4 Å². The average molecular weight is 1550 g/mol. The quantitative estimate of drug-likeness (QED) is 0.0275. The lowest BCUT2D eigenvalue weighted by Crippen LogP contribution is -2.48. The molecule has 0 aromatic heterocycles. The lowest BCUT2D eigenvalue weighted by atomic mass is 10.1. The van der Waals surface area contributed by atoms with Gasteiger partial charge in [-0.3, -0.25) is 0 Å². The molecule has 0 heterocycles. The standard InChI is InChI=1S/C25H26N2O7S.C24H25IN2O5S.C24H27N3O5S/c1-25(2,3)26-24(30)27-35(31,32)22-15-18(23(28)29)10-13-21(22)34-20-7-5-6-17(14-20)16-8-11-19(33-4)12-9-16;2*1-24(2,3)26-23(28)27-33(29,30)22-15-18(25)10-13-21(22)32-20-7-5-6-17(14-20)16-8-11-19(31-4)12-9-16/h5-15H,1-4H3,(H,28,29)(H2,26,27,30);5-15H,1-4H3,(H2,26,27,28);5-15H,25H2,1-4H3,(H2,26,27,28). The second-order valence-electron chi connectivity index (χ2n) is 25.3. The van der Waals surface area contributed by atoms with E-state index in [-0.39, 0.29) is 38.3 Å². The topological polar surface area (TPSA) is 345 Å². The summed E-state index contributed by atoms with van der Waals surface area (Å²) in [5.74, 6) is 2.07. The number of ether oxygens (including phenoxy) is 6. The SMILES string of the molecule is COc1ccc(-c2cccc(Oc3ccc(C(=O)O)cc3S(=O)(=O)NC(=O)NC(C)(C)C)c2)cc1.COc1ccc(-c2cccc(Oc3ccc(I)cc3S(=O)(=O)NC(=O)NC(C)(C)C)c2)cc1.COc1ccc(-c2cccc(Oc3ccc(N)cc3S(=O)(=O)NC(=O)NC(C)(C)C)c2)cc1. The molecule has 0 aliphatic rings. The van der Waals surface area contributed by atoms with Crippen molar-refractivity contribution in [1.82, 2.24) is 30.1 Å². The highest BCUT2D eigenvalue weighted by atomic mass is 127. The van der Waals surface area contributed by atoms with Gasteiger partial charge in [-0.15, -0.1) is 0 Å². The molecule has 24 nitrogen and oxygen atoms in total. The summed E-state index contributed by atoms with van der Waals surface area (Å²) in [5, 5.41) is 17.0. The number of anilines is 1. The van der Waals surface area contributed by atoms with Crippen LogP contribution in [-0.4, -0.2) is 92.4 Å². The van der Waals surface area contributed by atoms with E-state index in [4.69, 9.17) is 34.2 Å². The molecule has 0 fully saturated rings. The van der Waals surface area contributed by atoms with Crippen LogP contribution in [0.15, 0.2) is 215 Å². The summed E-state index contributed by atoms with van der Waals surface area (Å²) in [5.41, 5.74) is 9.20. The van der Waals surface area contributed by atoms with Gasteiger partial charge in [0.15, 0.2) is 0 Å². The smallest absolute Gasteiger partial charge is 0.335 e. The van der Waals surface area contributed by atoms with Gasteiger partial charge in [-0.25, -0.2) is 58.6 Å². The van der Waals surface area contributed by atoms with Gasteiger partial charge < -0.3 is 55.2 Å². The normalized spacial score (nSPS) is 11.5. The third kappa shape index (κ3) is 23.5. The van der Waals surface area contributed by atoms with Crippen LogP contribution in [0.2, 0.25) is 0 Å². The molecule has 101 heavy (non-hydrogen) atoms. The number of nitrogen functional groups attached to an aromatic ring is 1. The number of carbonyl (C=O) groups excluding carboxylic acids is 3. The van der Waals surface area contributed by atoms with E-state index in [0.717, 1.165) is 50.9 Å². The Morgan fingerprint density at radius 1 is 0.366 bits per heavy atom. The second-order valence-corrected chi connectivity index (χ2v) is 31.5. The van der Waals surface area contributed by atoms with Gasteiger partial charge in [0.1, 0.15) is 66.4 Å². The van der Waals surface area contributed by atoms with Crippen molar-refractivity contribution < 1.29 is 78.0 Å². The largest absolute Gasteiger partial charge is 0.497 e. The molecule has 0 aliphatic carbocycles. The number of nitrogens with two attached hydrogens (primary N) is 1. The zero-order chi connectivity index (χ0) is 74.3. The van der Waals surface area contributed by atoms with Gasteiger partial charge in [-0.1, -0.05) is 72.8 Å². The molecule has 9 rings (SSSR count). The Balaban J connectivity index is 0.000000213. The number of methoxy groups -OCH3 is 3. The number of rotatable bonds is 19. The molecular formula is C73H78IN7O17S3. The summed E-state index contributed by atoms with van der Waals surface area (Å²) in [4.78, 5) is 47.2. The molecule has 0 bridgehead atoms. The van der Waals surface area contributed by atoms with Crippen LogP contribution in [0.4, 0.5) is 20.1 Å². The molecule has 0 spiro atoms. The van der Waals surface area contributed by atoms with Crippen LogP contribution in [-0.2, 0) is 30.1 Å². The number of aromatic carboxylic acids is 1. The van der Waals surface area contributed by atoms with Crippen molar-refractivity contribution in [2.75, 3.05) is 27.1 Å². The van der Waals surface area contributed by atoms with E-state index in [9.17, 15) is 49.5 Å². The molecule has 0 unspecified atom stereocenters. The molecule has 0 aliphatic heterocycles. The number of halogens is 1. The Hall–Kier alpha value is -10.6. The Morgan fingerprint density at radius 2 is 0.663 bits per heavy atom. The number of nitrogens with one attached hydrogen (secondary N) is 6. The molecule has 6 amide bonds. The first-order valence-electron chi connectivity index (χ1n) is 30.7. The number of carboxylic acids is 1. The van der Waals surface area contributed by atoms with E-state index < -0.39 is 75.6 Å². The van der Waals surface area contributed by atoms with E-state index in [1.54, 1.807) is 138 Å². The van der Waals surface area contributed by atoms with Crippen LogP contribution in [0.5, 0.6) is 51.7 Å². The van der Waals surface area contributed by atoms with E-state index in [2.05, 4.69) is 20.7 Å². The van der Waals surface area contributed by atoms with Gasteiger partial charge in [0.2, 0.25) is 0 Å². The monoisotopic (exact) mass is 1550 g/mol. The van der Waals surface area contributed by atoms with Crippen molar-refractivity contribution in [1.29, 1.82) is 0 Å². The van der Waals surface area contributed by atoms with Crippen molar-refractivity contribution in [2.24, 2.45) is 0 Å². The van der Waals surface area contributed by atoms with Crippen LogP contribution in [0, 0.1) is 3.57 Å². The molecular weight excluding hydrogens is 1470 g/mol. The van der Waals surface area contributed by atoms with Crippen LogP contribution in [0.3, 0.4) is 0 Å². The summed E-state index contributed by atoms with van der Waals surface area (Å²) >= 11 is 2.01. The maximum absolute atomic E-state index is 13.0. The number of amides is 6. The molecule has 532 valence electrons. The number of sulfonamides is 3. The lowest BCUT2D eigenvalue weighted by Gasteiger charge is -2.21. The summed E-state index contributed by atoms with van der Waals surface area (Å²) in [7, 11) is -8.12. The lowest BCUT2D eigenvalue weighted by molar-refractivity contribution is 0.0696. The van der Waals surface area contributed by atoms with Crippen LogP contribution < -0.4 is 64.3 Å². The molecule has 9 aromatic rings. The Bertz CT molecular complexity index is 4610. The van der Waals surface area contributed by atoms with Crippen molar-refractivity contribution in [3.05, 3.63) is 209 Å². The summed E-state index contributed by atoms with van der Waals surface area (Å²) < 4.78 is 118. The average Bonchev–Trinajstić information content (AvgIpc) is 0.804. The molecule has 0 atom stereocenters. The van der Waals surface area contributed by atoms with Crippen LogP contribution >= 0.6 is 22.6 Å². The zero-order valence-electron chi connectivity index (χ0n) is 57.2. The number of urea groups is 3. The fraction of sp³-hybridized carbons (Fsp3) is 0.205. The summed E-state index contributed by atoms with van der Waals surface area (Å²) in [6.07, 6.45) is 0. The first-order chi connectivity index (χ1) is 47.3. The predicted octanol–water partition coefficient (Wildman–Crippen LogP) is 14.7. The highest BCUT2D eigenvalue weighted by molar-refractivity contribution is 14.1. The molecule has 0 radical (unpaired) electrons. The van der Waals surface area contributed by atoms with Gasteiger partial charge in [0.05, 0.1) is 26.9 Å². The van der Waals surface area contributed by atoms with Gasteiger partial charge in [-0.05, 0) is 246 Å². The molecule has 28 heteroatoms. The summed E-state index contributed by atoms with van der Waals surface area (Å²) in [6, 6.07) is 53.7. The number of carboxylic acid groups (broad SMARTS) is 1. The van der Waals surface area contributed by atoms with Crippen molar-refractivity contribution in [3.63, 3.8) is 0 Å².